The second-order valence-electron chi connectivity index (χ2n) is 15.7. The Morgan fingerprint density at radius 1 is 0.719 bits per heavy atom. The molecule has 3 aliphatic rings. The van der Waals surface area contributed by atoms with E-state index in [-0.39, 0.29) is 0 Å². The van der Waals surface area contributed by atoms with Crippen LogP contribution in [0, 0.1) is 0 Å². The van der Waals surface area contributed by atoms with Crippen LogP contribution in [0.4, 0.5) is 0 Å². The van der Waals surface area contributed by atoms with Crippen molar-refractivity contribution in [1.82, 2.24) is 0 Å². The van der Waals surface area contributed by atoms with E-state index in [2.05, 4.69) is 19.2 Å². The van der Waals surface area contributed by atoms with Crippen LogP contribution in [-0.2, 0) is 13.7 Å². The highest BCUT2D eigenvalue weighted by atomic mass is 31.2. The molecule has 9 rings (SSSR count). The van der Waals surface area contributed by atoms with Crippen molar-refractivity contribution >= 4 is 54.1 Å². The predicted molar refractivity (Wildman–Crippen MR) is 270 cm³/mol. The number of hydrogen-bond donors (Lipinski definition) is 1. The summed E-state index contributed by atoms with van der Waals surface area (Å²) in [5, 5.41) is 4.07. The standard InChI is InChI=1S/C56H48O5P3/c1-4-6-7-8-11-24-43-25-16-17-28-49-41(3)53(21-5-2)63(58,60-55(43)49)47-37-33-45(34-38-47)62(57,44-26-14-10-15-27-44)46-35-39-48(40-36-46)64(59)54-32-19-18-29-51(54)52-31-20-30-50(56(52)61-64)42-22-12-9-13-23-42/h4-15,18-27,29-40,58H,2-3,16-17,28H2,1H3/q+1/b6-4-,8-7-,24-11+,53-21+. The van der Waals surface area contributed by atoms with Crippen molar-refractivity contribution in [2.75, 3.05) is 0 Å². The van der Waals surface area contributed by atoms with Crippen LogP contribution in [0.5, 0.6) is 5.75 Å². The lowest BCUT2D eigenvalue weighted by Gasteiger charge is -2.31. The van der Waals surface area contributed by atoms with Gasteiger partial charge in [-0.3, -0.25) is 4.57 Å². The Hall–Kier alpha value is -6.31. The summed E-state index contributed by atoms with van der Waals surface area (Å²) in [6, 6.07) is 47.6. The minimum atomic E-state index is -3.69. The maximum atomic E-state index is 15.9. The summed E-state index contributed by atoms with van der Waals surface area (Å²) in [6.45, 7) is 10.4. The number of fused-ring (bicyclic) bond motifs is 3. The van der Waals surface area contributed by atoms with E-state index in [0.29, 0.717) is 48.7 Å². The van der Waals surface area contributed by atoms with Gasteiger partial charge in [0.05, 0.1) is 10.6 Å². The van der Waals surface area contributed by atoms with Gasteiger partial charge in [0.15, 0.2) is 23.5 Å². The molecule has 0 saturated heterocycles. The maximum Gasteiger partial charge on any atom is 0.383 e. The molecular formula is C56H48O5P3+. The van der Waals surface area contributed by atoms with Crippen LogP contribution in [0.2, 0.25) is 0 Å². The van der Waals surface area contributed by atoms with Crippen LogP contribution < -0.4 is 36.4 Å². The third-order valence-corrected chi connectivity index (χ3v) is 19.9. The molecule has 6 aromatic rings. The molecule has 0 spiro atoms. The molecular weight excluding hydrogens is 846 g/mol. The van der Waals surface area contributed by atoms with E-state index in [4.69, 9.17) is 9.05 Å². The van der Waals surface area contributed by atoms with E-state index in [1.165, 1.54) is 0 Å². The first-order valence-electron chi connectivity index (χ1n) is 21.4. The van der Waals surface area contributed by atoms with Crippen LogP contribution >= 0.6 is 22.2 Å². The lowest BCUT2D eigenvalue weighted by Crippen LogP contribution is -2.29. The lowest BCUT2D eigenvalue weighted by molar-refractivity contribution is 0.392. The Labute approximate surface area is 376 Å². The van der Waals surface area contributed by atoms with Gasteiger partial charge in [0.1, 0.15) is 5.75 Å². The molecule has 8 heteroatoms. The quantitative estimate of drug-likeness (QED) is 0.110. The zero-order chi connectivity index (χ0) is 44.3. The highest BCUT2D eigenvalue weighted by Gasteiger charge is 2.54. The third-order valence-electron chi connectivity index (χ3n) is 11.9. The molecule has 3 atom stereocenters. The summed E-state index contributed by atoms with van der Waals surface area (Å²) >= 11 is 0. The van der Waals surface area contributed by atoms with Crippen molar-refractivity contribution in [3.63, 3.8) is 0 Å². The van der Waals surface area contributed by atoms with Gasteiger partial charge in [0, 0.05) is 43.8 Å². The molecule has 0 amide bonds. The van der Waals surface area contributed by atoms with Crippen LogP contribution in [0.15, 0.2) is 247 Å². The predicted octanol–water partition coefficient (Wildman–Crippen LogP) is 12.5. The van der Waals surface area contributed by atoms with E-state index in [9.17, 15) is 4.89 Å². The van der Waals surface area contributed by atoms with Gasteiger partial charge < -0.3 is 13.6 Å². The van der Waals surface area contributed by atoms with Gasteiger partial charge in [-0.2, -0.15) is 0 Å². The van der Waals surface area contributed by atoms with Crippen molar-refractivity contribution in [1.29, 1.82) is 0 Å². The molecule has 64 heavy (non-hydrogen) atoms. The van der Waals surface area contributed by atoms with Gasteiger partial charge in [-0.1, -0.05) is 159 Å². The van der Waals surface area contributed by atoms with Crippen LogP contribution in [0.25, 0.3) is 22.3 Å². The van der Waals surface area contributed by atoms with Gasteiger partial charge in [0.2, 0.25) is 0 Å². The Kier molecular flexibility index (Phi) is 12.1. The molecule has 2 aliphatic heterocycles. The van der Waals surface area contributed by atoms with E-state index in [1.807, 2.05) is 183 Å². The Morgan fingerprint density at radius 2 is 1.34 bits per heavy atom. The molecule has 5 nitrogen and oxygen atoms in total. The van der Waals surface area contributed by atoms with Crippen molar-refractivity contribution < 1.29 is 23.1 Å². The Balaban J connectivity index is 1.10. The number of rotatable bonds is 10. The number of para-hydroxylation sites is 1. The second kappa shape index (κ2) is 18.1. The first-order valence-corrected chi connectivity index (χ1v) is 26.4. The van der Waals surface area contributed by atoms with Crippen molar-refractivity contribution in [2.24, 2.45) is 0 Å². The summed E-state index contributed by atoms with van der Waals surface area (Å²) in [5.74, 6) is 1.21. The van der Waals surface area contributed by atoms with Gasteiger partial charge in [-0.15, -0.1) is 0 Å². The molecule has 0 radical (unpaired) electrons. The topological polar surface area (TPSA) is 72.8 Å². The van der Waals surface area contributed by atoms with Crippen molar-refractivity contribution in [2.45, 2.75) is 26.2 Å². The van der Waals surface area contributed by atoms with Gasteiger partial charge >= 0.3 is 15.1 Å². The summed E-state index contributed by atoms with van der Waals surface area (Å²) in [5.41, 5.74) is 6.18. The van der Waals surface area contributed by atoms with E-state index in [0.717, 1.165) is 58.2 Å². The van der Waals surface area contributed by atoms with E-state index >= 15 is 9.13 Å². The second-order valence-corrected chi connectivity index (χ2v) is 23.1. The van der Waals surface area contributed by atoms with Gasteiger partial charge in [-0.05, 0) is 98.0 Å². The molecule has 3 unspecified atom stereocenters. The fourth-order valence-electron chi connectivity index (χ4n) is 8.71. The lowest BCUT2D eigenvalue weighted by atomic mass is 9.97. The monoisotopic (exact) mass is 893 g/mol. The van der Waals surface area contributed by atoms with E-state index in [1.54, 1.807) is 24.3 Å². The van der Waals surface area contributed by atoms with Crippen molar-refractivity contribution in [3.8, 4) is 28.0 Å². The van der Waals surface area contributed by atoms with Crippen LogP contribution in [-0.4, -0.2) is 4.89 Å². The normalized spacial score (nSPS) is 21.1. The molecule has 0 saturated carbocycles. The summed E-state index contributed by atoms with van der Waals surface area (Å²) in [6.07, 6.45) is 20.0. The first-order chi connectivity index (χ1) is 31.2. The zero-order valence-electron chi connectivity index (χ0n) is 35.6. The zero-order valence-corrected chi connectivity index (χ0v) is 38.3. The molecule has 2 heterocycles. The largest absolute Gasteiger partial charge is 0.436 e. The Bertz CT molecular complexity index is 3050. The average Bonchev–Trinajstić information content (AvgIpc) is 3.55. The maximum absolute atomic E-state index is 15.9. The molecule has 0 fully saturated rings. The fourth-order valence-corrected chi connectivity index (χ4v) is 15.9. The van der Waals surface area contributed by atoms with Crippen molar-refractivity contribution in [3.05, 3.63) is 247 Å². The van der Waals surface area contributed by atoms with Gasteiger partial charge in [-0.25, -0.2) is 4.89 Å². The van der Waals surface area contributed by atoms with Crippen LogP contribution in [0.3, 0.4) is 0 Å². The smallest absolute Gasteiger partial charge is 0.383 e. The average molecular weight is 894 g/mol. The highest BCUT2D eigenvalue weighted by molar-refractivity contribution is 7.85. The Morgan fingerprint density at radius 3 is 2.06 bits per heavy atom. The van der Waals surface area contributed by atoms with Gasteiger partial charge in [0.25, 0.3) is 0 Å². The summed E-state index contributed by atoms with van der Waals surface area (Å²) in [7, 11) is -10.7. The number of allylic oxidation sites excluding steroid dienone is 12. The van der Waals surface area contributed by atoms with E-state index < -0.39 is 22.2 Å². The number of benzene rings is 6. The molecule has 1 N–H and O–H groups in total. The third kappa shape index (κ3) is 7.64. The molecule has 0 aromatic heterocycles. The summed E-state index contributed by atoms with van der Waals surface area (Å²) < 4.78 is 45.0. The molecule has 6 aromatic carbocycles. The summed E-state index contributed by atoms with van der Waals surface area (Å²) in [4.78, 5) is 12.8. The minimum Gasteiger partial charge on any atom is -0.436 e. The highest BCUT2D eigenvalue weighted by Crippen LogP contribution is 2.70. The first kappa shape index (κ1) is 43.0. The number of hydrogen-bond acceptors (Lipinski definition) is 5. The molecule has 316 valence electrons. The van der Waals surface area contributed by atoms with Crippen LogP contribution in [0.1, 0.15) is 26.2 Å². The SMILES string of the molecule is C=C/C=C1\C(=C)C2=C(O[P+]1(O)c1ccc(P(=O)(c3ccccc3)c3ccc(P4(=O)Oc5c(-c6ccccc6)cccc5-c5ccccc54)cc3)cc1)C(/C=C/C=C\C=C/C)=CCCC2. The minimum absolute atomic E-state index is 0.500. The molecule has 1 aliphatic carbocycles. The fraction of sp³-hybridized carbons (Fsp3) is 0.0714. The molecule has 0 bridgehead atoms.